The molecule has 1 aliphatic rings. The minimum atomic E-state index is -0.455. The number of para-hydroxylation sites is 2. The summed E-state index contributed by atoms with van der Waals surface area (Å²) in [6, 6.07) is 7.31. The number of amides is 3. The lowest BCUT2D eigenvalue weighted by atomic mass is 9.97. The molecule has 1 saturated heterocycles. The fourth-order valence-electron chi connectivity index (χ4n) is 3.14. The minimum Gasteiger partial charge on any atom is -0.440 e. The van der Waals surface area contributed by atoms with E-state index in [-0.39, 0.29) is 23.9 Å². The van der Waals surface area contributed by atoms with E-state index in [0.29, 0.717) is 0 Å². The fourth-order valence-corrected chi connectivity index (χ4v) is 3.14. The number of carbonyl (C=O) groups excluding carboxylic acids is 2. The van der Waals surface area contributed by atoms with Crippen molar-refractivity contribution in [3.63, 3.8) is 0 Å². The molecule has 3 rings (SSSR count). The molecule has 1 aliphatic heterocycles. The molecule has 0 saturated carbocycles. The number of nitrogens with one attached hydrogen (secondary N) is 2. The highest BCUT2D eigenvalue weighted by atomic mass is 16.3. The topological polar surface area (TPSA) is 87.5 Å². The highest BCUT2D eigenvalue weighted by molar-refractivity contribution is 5.95. The summed E-state index contributed by atoms with van der Waals surface area (Å²) in [7, 11) is 0. The second-order valence-corrected chi connectivity index (χ2v) is 7.82. The Labute approximate surface area is 153 Å². The van der Waals surface area contributed by atoms with Crippen molar-refractivity contribution in [1.82, 2.24) is 20.5 Å². The van der Waals surface area contributed by atoms with E-state index in [1.165, 1.54) is 0 Å². The average molecular weight is 358 g/mol. The number of rotatable bonds is 3. The summed E-state index contributed by atoms with van der Waals surface area (Å²) in [5, 5.41) is 5.10. The summed E-state index contributed by atoms with van der Waals surface area (Å²) >= 11 is 0. The Morgan fingerprint density at radius 2 is 1.92 bits per heavy atom. The van der Waals surface area contributed by atoms with E-state index in [9.17, 15) is 9.59 Å². The highest BCUT2D eigenvalue weighted by Gasteiger charge is 2.26. The van der Waals surface area contributed by atoms with Gasteiger partial charge < -0.3 is 9.73 Å². The van der Waals surface area contributed by atoms with Gasteiger partial charge in [-0.1, -0.05) is 12.1 Å². The normalized spacial score (nSPS) is 16.6. The first-order chi connectivity index (χ1) is 12.3. The fraction of sp³-hybridized carbons (Fsp3) is 0.526. The van der Waals surface area contributed by atoms with Crippen molar-refractivity contribution in [2.24, 2.45) is 0 Å². The van der Waals surface area contributed by atoms with Gasteiger partial charge in [-0.3, -0.25) is 15.0 Å². The Kier molecular flexibility index (Phi) is 5.27. The van der Waals surface area contributed by atoms with E-state index in [1.807, 2.05) is 45.0 Å². The highest BCUT2D eigenvalue weighted by Crippen LogP contribution is 2.29. The number of carbonyl (C=O) groups is 2. The largest absolute Gasteiger partial charge is 0.440 e. The zero-order chi connectivity index (χ0) is 18.7. The lowest BCUT2D eigenvalue weighted by molar-refractivity contribution is -0.121. The van der Waals surface area contributed by atoms with Crippen LogP contribution in [-0.4, -0.2) is 47.0 Å². The van der Waals surface area contributed by atoms with E-state index in [4.69, 9.17) is 4.42 Å². The third-order valence-electron chi connectivity index (χ3n) is 4.36. The second kappa shape index (κ2) is 7.45. The Hall–Kier alpha value is -2.41. The number of nitrogens with zero attached hydrogens (tertiary/aromatic N) is 2. The molecule has 0 unspecified atom stereocenters. The molecule has 1 aromatic carbocycles. The van der Waals surface area contributed by atoms with Crippen molar-refractivity contribution in [2.45, 2.75) is 45.1 Å². The molecule has 7 nitrogen and oxygen atoms in total. The number of aromatic nitrogens is 1. The molecule has 3 amide bonds. The molecule has 2 heterocycles. The number of likely N-dealkylation sites (tertiary alicyclic amines) is 1. The van der Waals surface area contributed by atoms with Crippen molar-refractivity contribution in [3.8, 4) is 0 Å². The van der Waals surface area contributed by atoms with Gasteiger partial charge >= 0.3 is 6.03 Å². The molecule has 0 spiro atoms. The summed E-state index contributed by atoms with van der Waals surface area (Å²) in [6.45, 7) is 7.38. The number of urea groups is 1. The van der Waals surface area contributed by atoms with Crippen LogP contribution in [0.25, 0.3) is 11.1 Å². The number of benzene rings is 1. The van der Waals surface area contributed by atoms with Crippen LogP contribution in [0.3, 0.4) is 0 Å². The SMILES string of the molecule is CC(C)(C)NC(=O)NC(=O)CN1CCC(c2nc3ccccc3o2)CC1. The Morgan fingerprint density at radius 1 is 1.23 bits per heavy atom. The maximum atomic E-state index is 12.0. The lowest BCUT2D eigenvalue weighted by Gasteiger charge is -2.30. The number of piperidine rings is 1. The molecule has 0 aliphatic carbocycles. The maximum Gasteiger partial charge on any atom is 0.321 e. The van der Waals surface area contributed by atoms with Crippen LogP contribution in [0.15, 0.2) is 28.7 Å². The predicted octanol–water partition coefficient (Wildman–Crippen LogP) is 2.63. The van der Waals surface area contributed by atoms with Gasteiger partial charge in [0, 0.05) is 11.5 Å². The molecule has 0 radical (unpaired) electrons. The number of imide groups is 1. The number of hydrogen-bond acceptors (Lipinski definition) is 5. The Morgan fingerprint density at radius 3 is 2.58 bits per heavy atom. The van der Waals surface area contributed by atoms with Gasteiger partial charge in [-0.15, -0.1) is 0 Å². The van der Waals surface area contributed by atoms with E-state index < -0.39 is 6.03 Å². The van der Waals surface area contributed by atoms with Crippen molar-refractivity contribution in [1.29, 1.82) is 0 Å². The van der Waals surface area contributed by atoms with Crippen LogP contribution in [0.4, 0.5) is 4.79 Å². The molecule has 7 heteroatoms. The second-order valence-electron chi connectivity index (χ2n) is 7.82. The van der Waals surface area contributed by atoms with Crippen molar-refractivity contribution in [3.05, 3.63) is 30.2 Å². The summed E-state index contributed by atoms with van der Waals surface area (Å²) in [5.41, 5.74) is 1.32. The van der Waals surface area contributed by atoms with Gasteiger partial charge in [0.05, 0.1) is 6.54 Å². The maximum absolute atomic E-state index is 12.0. The van der Waals surface area contributed by atoms with Crippen molar-refractivity contribution in [2.75, 3.05) is 19.6 Å². The molecule has 1 fully saturated rings. The molecule has 140 valence electrons. The van der Waals surface area contributed by atoms with Gasteiger partial charge in [-0.05, 0) is 58.8 Å². The molecule has 0 atom stereocenters. The molecule has 1 aromatic heterocycles. The number of hydrogen-bond donors (Lipinski definition) is 2. The number of fused-ring (bicyclic) bond motifs is 1. The molecule has 2 N–H and O–H groups in total. The van der Waals surface area contributed by atoms with Crippen LogP contribution < -0.4 is 10.6 Å². The van der Waals surface area contributed by atoms with E-state index in [0.717, 1.165) is 42.9 Å². The zero-order valence-corrected chi connectivity index (χ0v) is 15.5. The average Bonchev–Trinajstić information content (AvgIpc) is 2.97. The smallest absolute Gasteiger partial charge is 0.321 e. The summed E-state index contributed by atoms with van der Waals surface area (Å²) in [6.07, 6.45) is 1.77. The van der Waals surface area contributed by atoms with E-state index >= 15 is 0 Å². The number of oxazole rings is 1. The van der Waals surface area contributed by atoms with Gasteiger partial charge in [0.15, 0.2) is 11.5 Å². The monoisotopic (exact) mass is 358 g/mol. The van der Waals surface area contributed by atoms with Crippen LogP contribution in [0.5, 0.6) is 0 Å². The third kappa shape index (κ3) is 4.82. The van der Waals surface area contributed by atoms with Crippen molar-refractivity contribution >= 4 is 23.0 Å². The molecular weight excluding hydrogens is 332 g/mol. The first-order valence-corrected chi connectivity index (χ1v) is 9.00. The van der Waals surface area contributed by atoms with Gasteiger partial charge in [0.25, 0.3) is 0 Å². The molecule has 2 aromatic rings. The first-order valence-electron chi connectivity index (χ1n) is 9.00. The Balaban J connectivity index is 1.47. The van der Waals surface area contributed by atoms with Crippen molar-refractivity contribution < 1.29 is 14.0 Å². The van der Waals surface area contributed by atoms with Crippen LogP contribution in [0, 0.1) is 0 Å². The van der Waals surface area contributed by atoms with E-state index in [1.54, 1.807) is 0 Å². The lowest BCUT2D eigenvalue weighted by Crippen LogP contribution is -2.50. The zero-order valence-electron chi connectivity index (χ0n) is 15.5. The first kappa shape index (κ1) is 18.4. The van der Waals surface area contributed by atoms with E-state index in [2.05, 4.69) is 20.5 Å². The molecule has 26 heavy (non-hydrogen) atoms. The van der Waals surface area contributed by atoms with Gasteiger partial charge in [-0.2, -0.15) is 0 Å². The Bertz CT molecular complexity index is 752. The van der Waals surface area contributed by atoms with Crippen LogP contribution in [0.2, 0.25) is 0 Å². The van der Waals surface area contributed by atoms with Gasteiger partial charge in [0.2, 0.25) is 5.91 Å². The van der Waals surface area contributed by atoms with Crippen LogP contribution in [0.1, 0.15) is 45.4 Å². The summed E-state index contributed by atoms with van der Waals surface area (Å²) in [5.74, 6) is 0.762. The van der Waals surface area contributed by atoms with Gasteiger partial charge in [-0.25, -0.2) is 9.78 Å². The third-order valence-corrected chi connectivity index (χ3v) is 4.36. The molecule has 0 bridgehead atoms. The standard InChI is InChI=1S/C19H26N4O3/c1-19(2,3)22-18(25)21-16(24)12-23-10-8-13(9-11-23)17-20-14-6-4-5-7-15(14)26-17/h4-7,13H,8-12H2,1-3H3,(H2,21,22,24,25). The molecular formula is C19H26N4O3. The van der Waals surface area contributed by atoms with Crippen LogP contribution in [-0.2, 0) is 4.79 Å². The summed E-state index contributed by atoms with van der Waals surface area (Å²) < 4.78 is 5.86. The van der Waals surface area contributed by atoms with Crippen LogP contribution >= 0.6 is 0 Å². The summed E-state index contributed by atoms with van der Waals surface area (Å²) in [4.78, 5) is 30.4. The minimum absolute atomic E-state index is 0.220. The predicted molar refractivity (Wildman–Crippen MR) is 98.9 cm³/mol. The van der Waals surface area contributed by atoms with Gasteiger partial charge in [0.1, 0.15) is 5.52 Å². The quantitative estimate of drug-likeness (QED) is 0.881.